The molecule has 1 saturated carbocycles. The predicted octanol–water partition coefficient (Wildman–Crippen LogP) is 2.44. The van der Waals surface area contributed by atoms with Gasteiger partial charge in [-0.1, -0.05) is 24.4 Å². The van der Waals surface area contributed by atoms with E-state index >= 15 is 0 Å². The maximum absolute atomic E-state index is 5.91. The molecule has 2 aromatic rings. The van der Waals surface area contributed by atoms with Crippen molar-refractivity contribution in [1.82, 2.24) is 29.0 Å². The first-order valence-electron chi connectivity index (χ1n) is 5.28. The first-order valence-corrected chi connectivity index (χ1v) is 7.21. The molecule has 0 spiro atoms. The molecular formula is C8H9ClN6S2. The summed E-state index contributed by atoms with van der Waals surface area (Å²) in [4.78, 5) is 0. The minimum atomic E-state index is 0.415. The van der Waals surface area contributed by atoms with E-state index in [0.29, 0.717) is 16.2 Å². The molecule has 0 saturated heterocycles. The molecule has 0 unspecified atom stereocenters. The minimum Gasteiger partial charge on any atom is -0.217 e. The van der Waals surface area contributed by atoms with Crippen molar-refractivity contribution in [2.75, 3.05) is 0 Å². The van der Waals surface area contributed by atoms with Crippen LogP contribution >= 0.6 is 35.1 Å². The maximum Gasteiger partial charge on any atom is 0.216 e. The molecule has 0 aromatic carbocycles. The van der Waals surface area contributed by atoms with Crippen LogP contribution in [0.25, 0.3) is 0 Å². The molecule has 2 heterocycles. The molecule has 1 aliphatic carbocycles. The van der Waals surface area contributed by atoms with Gasteiger partial charge in [-0.05, 0) is 35.0 Å². The van der Waals surface area contributed by atoms with E-state index < -0.39 is 0 Å². The first kappa shape index (κ1) is 11.4. The fraction of sp³-hybridized carbons (Fsp3) is 0.625. The van der Waals surface area contributed by atoms with Gasteiger partial charge in [-0.25, -0.2) is 4.68 Å². The summed E-state index contributed by atoms with van der Waals surface area (Å²) in [5.41, 5.74) is 0. The van der Waals surface area contributed by atoms with Crippen molar-refractivity contribution in [2.24, 2.45) is 0 Å². The van der Waals surface area contributed by atoms with Crippen LogP contribution < -0.4 is 0 Å². The van der Waals surface area contributed by atoms with Crippen LogP contribution in [-0.2, 0) is 0 Å². The van der Waals surface area contributed by atoms with Gasteiger partial charge in [0.05, 0.1) is 17.8 Å². The fourth-order valence-corrected chi connectivity index (χ4v) is 3.57. The summed E-state index contributed by atoms with van der Waals surface area (Å²) in [6.45, 7) is 0. The van der Waals surface area contributed by atoms with E-state index in [1.807, 2.05) is 4.68 Å². The Morgan fingerprint density at radius 2 is 2.12 bits per heavy atom. The standard InChI is InChI=1S/C8H9ClN6S2/c9-6-7(12-17-11-6)16-8-10-13-14-15(8)5-3-1-2-4-5/h5H,1-4H2. The van der Waals surface area contributed by atoms with Crippen molar-refractivity contribution in [3.05, 3.63) is 5.15 Å². The lowest BCUT2D eigenvalue weighted by Gasteiger charge is -2.09. The molecule has 17 heavy (non-hydrogen) atoms. The lowest BCUT2D eigenvalue weighted by molar-refractivity contribution is 0.423. The summed E-state index contributed by atoms with van der Waals surface area (Å²) < 4.78 is 9.91. The van der Waals surface area contributed by atoms with Crippen LogP contribution in [0.4, 0.5) is 0 Å². The summed E-state index contributed by atoms with van der Waals surface area (Å²) >= 11 is 8.38. The topological polar surface area (TPSA) is 69.4 Å². The summed E-state index contributed by atoms with van der Waals surface area (Å²) in [5, 5.41) is 13.6. The second-order valence-electron chi connectivity index (χ2n) is 3.81. The van der Waals surface area contributed by atoms with Gasteiger partial charge in [-0.3, -0.25) is 0 Å². The lowest BCUT2D eigenvalue weighted by Crippen LogP contribution is -2.08. The van der Waals surface area contributed by atoms with E-state index in [-0.39, 0.29) is 0 Å². The second kappa shape index (κ2) is 4.87. The van der Waals surface area contributed by atoms with Crippen LogP contribution in [0.15, 0.2) is 10.2 Å². The van der Waals surface area contributed by atoms with Crippen LogP contribution in [0.3, 0.4) is 0 Å². The fourth-order valence-electron chi connectivity index (χ4n) is 1.95. The zero-order chi connectivity index (χ0) is 11.7. The van der Waals surface area contributed by atoms with Gasteiger partial charge in [0.2, 0.25) is 5.16 Å². The van der Waals surface area contributed by atoms with Crippen molar-refractivity contribution >= 4 is 35.1 Å². The van der Waals surface area contributed by atoms with Gasteiger partial charge in [0.1, 0.15) is 0 Å². The molecule has 0 amide bonds. The van der Waals surface area contributed by atoms with Crippen molar-refractivity contribution < 1.29 is 0 Å². The maximum atomic E-state index is 5.91. The first-order chi connectivity index (χ1) is 8.34. The van der Waals surface area contributed by atoms with E-state index in [4.69, 9.17) is 11.6 Å². The second-order valence-corrected chi connectivity index (χ2v) is 5.65. The molecule has 90 valence electrons. The molecule has 0 aliphatic heterocycles. The zero-order valence-corrected chi connectivity index (χ0v) is 11.2. The van der Waals surface area contributed by atoms with Gasteiger partial charge in [0.25, 0.3) is 0 Å². The normalized spacial score (nSPS) is 16.8. The average Bonchev–Trinajstić information content (AvgIpc) is 3.02. The van der Waals surface area contributed by atoms with Gasteiger partial charge in [-0.15, -0.1) is 5.10 Å². The smallest absolute Gasteiger partial charge is 0.216 e. The highest BCUT2D eigenvalue weighted by Crippen LogP contribution is 2.35. The number of hydrogen-bond donors (Lipinski definition) is 0. The average molecular weight is 289 g/mol. The Morgan fingerprint density at radius 1 is 1.29 bits per heavy atom. The molecule has 0 atom stereocenters. The van der Waals surface area contributed by atoms with Crippen molar-refractivity contribution in [2.45, 2.75) is 41.9 Å². The monoisotopic (exact) mass is 288 g/mol. The minimum absolute atomic E-state index is 0.415. The van der Waals surface area contributed by atoms with Crippen LogP contribution in [0.2, 0.25) is 5.15 Å². The highest BCUT2D eigenvalue weighted by atomic mass is 35.5. The van der Waals surface area contributed by atoms with E-state index in [1.54, 1.807) is 0 Å². The van der Waals surface area contributed by atoms with Gasteiger partial charge in [0.15, 0.2) is 10.2 Å². The number of nitrogens with zero attached hydrogens (tertiary/aromatic N) is 6. The number of halogens is 1. The number of hydrogen-bond acceptors (Lipinski definition) is 7. The summed E-state index contributed by atoms with van der Waals surface area (Å²) in [7, 11) is 0. The number of rotatable bonds is 3. The van der Waals surface area contributed by atoms with E-state index in [2.05, 4.69) is 24.3 Å². The van der Waals surface area contributed by atoms with Crippen LogP contribution in [0, 0.1) is 0 Å². The molecule has 9 heteroatoms. The van der Waals surface area contributed by atoms with Crippen LogP contribution in [0.5, 0.6) is 0 Å². The Morgan fingerprint density at radius 3 is 2.82 bits per heavy atom. The lowest BCUT2D eigenvalue weighted by atomic mass is 10.3. The van der Waals surface area contributed by atoms with E-state index in [0.717, 1.165) is 29.7 Å². The third-order valence-electron chi connectivity index (χ3n) is 2.74. The highest BCUT2D eigenvalue weighted by molar-refractivity contribution is 7.99. The highest BCUT2D eigenvalue weighted by Gasteiger charge is 2.23. The molecule has 0 bridgehead atoms. The SMILES string of the molecule is Clc1nsnc1Sc1nnnn1C1CCCC1. The Hall–Kier alpha value is -0.730. The largest absolute Gasteiger partial charge is 0.217 e. The summed E-state index contributed by atoms with van der Waals surface area (Å²) in [6, 6.07) is 0.415. The quantitative estimate of drug-likeness (QED) is 0.864. The zero-order valence-electron chi connectivity index (χ0n) is 8.78. The summed E-state index contributed by atoms with van der Waals surface area (Å²) in [5.74, 6) is 0. The Balaban J connectivity index is 1.84. The number of tetrazole rings is 1. The molecular weight excluding hydrogens is 280 g/mol. The van der Waals surface area contributed by atoms with Crippen molar-refractivity contribution in [3.63, 3.8) is 0 Å². The van der Waals surface area contributed by atoms with Gasteiger partial charge in [-0.2, -0.15) is 8.75 Å². The van der Waals surface area contributed by atoms with Gasteiger partial charge >= 0.3 is 0 Å². The Kier molecular flexibility index (Phi) is 3.26. The Labute approximate surface area is 111 Å². The third kappa shape index (κ3) is 2.29. The molecule has 3 rings (SSSR count). The summed E-state index contributed by atoms with van der Waals surface area (Å²) in [6.07, 6.45) is 4.77. The van der Waals surface area contributed by atoms with Crippen molar-refractivity contribution in [1.29, 1.82) is 0 Å². The van der Waals surface area contributed by atoms with Gasteiger partial charge < -0.3 is 0 Å². The molecule has 0 radical (unpaired) electrons. The molecule has 2 aromatic heterocycles. The van der Waals surface area contributed by atoms with Crippen LogP contribution in [0.1, 0.15) is 31.7 Å². The predicted molar refractivity (Wildman–Crippen MR) is 64.4 cm³/mol. The molecule has 0 N–H and O–H groups in total. The third-order valence-corrected chi connectivity index (χ3v) is 4.79. The van der Waals surface area contributed by atoms with Crippen molar-refractivity contribution in [3.8, 4) is 0 Å². The molecule has 1 aliphatic rings. The molecule has 6 nitrogen and oxygen atoms in total. The van der Waals surface area contributed by atoms with Crippen LogP contribution in [-0.4, -0.2) is 29.0 Å². The van der Waals surface area contributed by atoms with E-state index in [9.17, 15) is 0 Å². The Bertz CT molecular complexity index is 506. The molecule has 1 fully saturated rings. The number of aromatic nitrogens is 6. The van der Waals surface area contributed by atoms with Gasteiger partial charge in [0, 0.05) is 0 Å². The van der Waals surface area contributed by atoms with E-state index in [1.165, 1.54) is 24.6 Å².